The summed E-state index contributed by atoms with van der Waals surface area (Å²) in [7, 11) is 1.63. The summed E-state index contributed by atoms with van der Waals surface area (Å²) in [4.78, 5) is 30.0. The van der Waals surface area contributed by atoms with Crippen LogP contribution in [0.15, 0.2) is 76.8 Å². The zero-order valence-electron chi connectivity index (χ0n) is 21.3. The summed E-state index contributed by atoms with van der Waals surface area (Å²) in [5.74, 6) is 0.190. The zero-order chi connectivity index (χ0) is 26.8. The smallest absolute Gasteiger partial charge is 0.262 e. The van der Waals surface area contributed by atoms with E-state index in [1.165, 1.54) is 11.8 Å². The summed E-state index contributed by atoms with van der Waals surface area (Å²) in [5.41, 5.74) is 5.54. The number of thioether (sulfide) groups is 1. The minimum atomic E-state index is -0.623. The van der Waals surface area contributed by atoms with Crippen LogP contribution in [-0.4, -0.2) is 40.1 Å². The van der Waals surface area contributed by atoms with Gasteiger partial charge >= 0.3 is 0 Å². The fraction of sp³-hybridized carbons (Fsp3) is 0.241. The van der Waals surface area contributed by atoms with E-state index in [-0.39, 0.29) is 24.3 Å². The Morgan fingerprint density at radius 2 is 1.87 bits per heavy atom. The Morgan fingerprint density at radius 1 is 1.11 bits per heavy atom. The van der Waals surface area contributed by atoms with Crippen molar-refractivity contribution in [3.63, 3.8) is 0 Å². The Hall–Kier alpha value is -3.62. The lowest BCUT2D eigenvalue weighted by Gasteiger charge is -2.24. The van der Waals surface area contributed by atoms with E-state index in [1.807, 2.05) is 80.6 Å². The van der Waals surface area contributed by atoms with Crippen molar-refractivity contribution < 1.29 is 14.3 Å². The third kappa shape index (κ3) is 5.33. The molecule has 2 atom stereocenters. The molecule has 0 saturated heterocycles. The predicted molar refractivity (Wildman–Crippen MR) is 153 cm³/mol. The Kier molecular flexibility index (Phi) is 7.53. The maximum absolute atomic E-state index is 12.9. The van der Waals surface area contributed by atoms with Crippen LogP contribution in [0.5, 0.6) is 5.75 Å². The number of methoxy groups -OCH3 is 1. The van der Waals surface area contributed by atoms with Gasteiger partial charge in [-0.15, -0.1) is 0 Å². The molecule has 1 N–H and O–H groups in total. The second-order valence-electron chi connectivity index (χ2n) is 9.20. The molecule has 0 aromatic heterocycles. The fourth-order valence-electron chi connectivity index (χ4n) is 4.49. The van der Waals surface area contributed by atoms with Gasteiger partial charge in [-0.1, -0.05) is 53.7 Å². The highest BCUT2D eigenvalue weighted by Gasteiger charge is 2.39. The van der Waals surface area contributed by atoms with Gasteiger partial charge < -0.3 is 10.1 Å². The lowest BCUT2D eigenvalue weighted by molar-refractivity contribution is -0.121. The van der Waals surface area contributed by atoms with Crippen LogP contribution in [0.25, 0.3) is 0 Å². The number of nitrogens with zero attached hydrogens (tertiary/aromatic N) is 3. The fourth-order valence-corrected chi connectivity index (χ4v) is 5.82. The molecule has 9 heteroatoms. The Balaban J connectivity index is 1.36. The number of carbonyl (C=O) groups excluding carboxylic acids is 2. The molecule has 3 aromatic carbocycles. The minimum absolute atomic E-state index is 0.0174. The average molecular weight is 547 g/mol. The molecule has 5 rings (SSSR count). The lowest BCUT2D eigenvalue weighted by atomic mass is 9.98. The largest absolute Gasteiger partial charge is 0.497 e. The van der Waals surface area contributed by atoms with Gasteiger partial charge in [-0.05, 0) is 72.5 Å². The number of benzene rings is 3. The molecule has 2 aliphatic heterocycles. The van der Waals surface area contributed by atoms with Crippen molar-refractivity contribution in [2.75, 3.05) is 12.4 Å². The maximum Gasteiger partial charge on any atom is 0.262 e. The molecule has 2 aliphatic rings. The summed E-state index contributed by atoms with van der Waals surface area (Å²) in [6, 6.07) is 20.8. The van der Waals surface area contributed by atoms with Gasteiger partial charge in [0.05, 0.1) is 18.9 Å². The summed E-state index contributed by atoms with van der Waals surface area (Å²) >= 11 is 7.84. The molecule has 7 nitrogen and oxygen atoms in total. The Labute approximate surface area is 230 Å². The van der Waals surface area contributed by atoms with E-state index in [2.05, 4.69) is 10.3 Å². The van der Waals surface area contributed by atoms with Crippen LogP contribution in [0.2, 0.25) is 5.02 Å². The van der Waals surface area contributed by atoms with Crippen molar-refractivity contribution in [1.29, 1.82) is 0 Å². The van der Waals surface area contributed by atoms with Gasteiger partial charge in [-0.3, -0.25) is 9.59 Å². The highest BCUT2D eigenvalue weighted by molar-refractivity contribution is 8.15. The first kappa shape index (κ1) is 26.0. The molecule has 0 spiro atoms. The van der Waals surface area contributed by atoms with Crippen LogP contribution in [0, 0.1) is 13.8 Å². The van der Waals surface area contributed by atoms with Crippen LogP contribution >= 0.6 is 23.4 Å². The number of hydrazone groups is 1. The number of ether oxygens (including phenoxy) is 1. The highest BCUT2D eigenvalue weighted by Crippen LogP contribution is 2.40. The molecule has 0 fully saturated rings. The summed E-state index contributed by atoms with van der Waals surface area (Å²) in [5, 5.41) is 10.0. The number of carbonyl (C=O) groups is 2. The number of aryl methyl sites for hydroxylation is 1. The lowest BCUT2D eigenvalue weighted by Crippen LogP contribution is -2.25. The van der Waals surface area contributed by atoms with Crippen LogP contribution in [0.1, 0.15) is 41.1 Å². The average Bonchev–Trinajstić information content (AvgIpc) is 3.51. The molecule has 194 valence electrons. The van der Waals surface area contributed by atoms with Gasteiger partial charge in [0.2, 0.25) is 5.91 Å². The number of amides is 2. The molecule has 0 bridgehead atoms. The van der Waals surface area contributed by atoms with Gasteiger partial charge in [-0.2, -0.15) is 10.1 Å². The van der Waals surface area contributed by atoms with Gasteiger partial charge in [0.25, 0.3) is 5.91 Å². The number of halogens is 1. The number of aliphatic imine (C=N–C) groups is 1. The minimum Gasteiger partial charge on any atom is -0.497 e. The zero-order valence-corrected chi connectivity index (χ0v) is 22.8. The molecular formula is C29H27ClN4O3S. The number of anilines is 1. The molecule has 38 heavy (non-hydrogen) atoms. The third-order valence-corrected chi connectivity index (χ3v) is 8.26. The Bertz CT molecular complexity index is 1450. The maximum atomic E-state index is 12.9. The van der Waals surface area contributed by atoms with Crippen LogP contribution in [0.3, 0.4) is 0 Å². The molecule has 0 saturated carbocycles. The summed E-state index contributed by atoms with van der Waals surface area (Å²) < 4.78 is 5.29. The standard InChI is InChI=1S/C29H27ClN4O3S/c1-17-7-6-10-23(18(17)2)31-27(35)16-26-28(36)32-29(38-26)34-25(21-8-4-5-9-22(21)30)15-24(33-34)19-11-13-20(37-3)14-12-19/h4-14,25-26H,15-16H2,1-3H3,(H,31,35)/t25-,26+/m1/s1. The van der Waals surface area contributed by atoms with Crippen LogP contribution < -0.4 is 10.1 Å². The molecule has 2 amide bonds. The number of amidine groups is 1. The number of rotatable bonds is 6. The van der Waals surface area contributed by atoms with Crippen molar-refractivity contribution in [1.82, 2.24) is 5.01 Å². The van der Waals surface area contributed by atoms with E-state index >= 15 is 0 Å². The first-order valence-corrected chi connectivity index (χ1v) is 13.5. The molecular weight excluding hydrogens is 520 g/mol. The molecule has 0 aliphatic carbocycles. The van der Waals surface area contributed by atoms with E-state index in [9.17, 15) is 9.59 Å². The van der Waals surface area contributed by atoms with Crippen molar-refractivity contribution in [3.8, 4) is 5.75 Å². The summed E-state index contributed by atoms with van der Waals surface area (Å²) in [6.45, 7) is 3.95. The third-order valence-electron chi connectivity index (χ3n) is 6.77. The quantitative estimate of drug-likeness (QED) is 0.401. The van der Waals surface area contributed by atoms with Gasteiger partial charge in [0, 0.05) is 23.6 Å². The first-order chi connectivity index (χ1) is 18.3. The van der Waals surface area contributed by atoms with E-state index in [0.717, 1.165) is 39.4 Å². The number of nitrogens with one attached hydrogen (secondary N) is 1. The van der Waals surface area contributed by atoms with Crippen molar-refractivity contribution >= 4 is 51.7 Å². The molecule has 0 radical (unpaired) electrons. The number of hydrogen-bond acceptors (Lipinski definition) is 6. The monoisotopic (exact) mass is 546 g/mol. The van der Waals surface area contributed by atoms with Crippen molar-refractivity contribution in [3.05, 3.63) is 94.0 Å². The van der Waals surface area contributed by atoms with E-state index in [4.69, 9.17) is 21.4 Å². The van der Waals surface area contributed by atoms with Crippen molar-refractivity contribution in [2.24, 2.45) is 10.1 Å². The molecule has 2 heterocycles. The van der Waals surface area contributed by atoms with E-state index < -0.39 is 5.25 Å². The van der Waals surface area contributed by atoms with E-state index in [0.29, 0.717) is 16.6 Å². The normalized spacial score (nSPS) is 18.8. The predicted octanol–water partition coefficient (Wildman–Crippen LogP) is 6.14. The van der Waals surface area contributed by atoms with Crippen molar-refractivity contribution in [2.45, 2.75) is 38.0 Å². The second kappa shape index (κ2) is 11.0. The topological polar surface area (TPSA) is 83.4 Å². The second-order valence-corrected chi connectivity index (χ2v) is 10.8. The first-order valence-electron chi connectivity index (χ1n) is 12.2. The molecule has 0 unspecified atom stereocenters. The summed E-state index contributed by atoms with van der Waals surface area (Å²) in [6.07, 6.45) is 0.602. The van der Waals surface area contributed by atoms with Crippen LogP contribution in [0.4, 0.5) is 5.69 Å². The molecule has 3 aromatic rings. The Morgan fingerprint density at radius 3 is 2.61 bits per heavy atom. The van der Waals surface area contributed by atoms with Gasteiger partial charge in [0.15, 0.2) is 5.17 Å². The van der Waals surface area contributed by atoms with E-state index in [1.54, 1.807) is 12.1 Å². The SMILES string of the molecule is COc1ccc(C2=NN(C3=NC(=O)[C@H](CC(=O)Nc4cccc(C)c4C)S3)[C@@H](c3ccccc3Cl)C2)cc1. The van der Waals surface area contributed by atoms with Gasteiger partial charge in [-0.25, -0.2) is 5.01 Å². The van der Waals surface area contributed by atoms with Gasteiger partial charge in [0.1, 0.15) is 11.0 Å². The number of hydrogen-bond donors (Lipinski definition) is 1. The van der Waals surface area contributed by atoms with Crippen LogP contribution in [-0.2, 0) is 9.59 Å². The highest BCUT2D eigenvalue weighted by atomic mass is 35.5.